The van der Waals surface area contributed by atoms with Crippen LogP contribution in [0, 0.1) is 6.92 Å². The van der Waals surface area contributed by atoms with Gasteiger partial charge in [-0.15, -0.1) is 10.2 Å². The van der Waals surface area contributed by atoms with Gasteiger partial charge in [-0.2, -0.15) is 0 Å². The molecule has 0 bridgehead atoms. The molecular formula is C28H48N6O. The van der Waals surface area contributed by atoms with Crippen molar-refractivity contribution in [1.29, 1.82) is 0 Å². The van der Waals surface area contributed by atoms with E-state index in [-0.39, 0.29) is 12.1 Å². The minimum atomic E-state index is 0.0261. The van der Waals surface area contributed by atoms with Crippen LogP contribution in [-0.2, 0) is 4.79 Å². The Morgan fingerprint density at radius 1 is 1.09 bits per heavy atom. The Morgan fingerprint density at radius 3 is 2.31 bits per heavy atom. The summed E-state index contributed by atoms with van der Waals surface area (Å²) >= 11 is 0. The van der Waals surface area contributed by atoms with E-state index in [1.54, 1.807) is 0 Å². The second kappa shape index (κ2) is 15.7. The van der Waals surface area contributed by atoms with Crippen molar-refractivity contribution in [3.63, 3.8) is 0 Å². The van der Waals surface area contributed by atoms with Gasteiger partial charge in [0.05, 0.1) is 6.04 Å². The van der Waals surface area contributed by atoms with Crippen LogP contribution < -0.4 is 10.6 Å². The molecular weight excluding hydrogens is 436 g/mol. The lowest BCUT2D eigenvalue weighted by Crippen LogP contribution is -2.39. The van der Waals surface area contributed by atoms with Crippen molar-refractivity contribution < 1.29 is 4.79 Å². The largest absolute Gasteiger partial charge is 0.352 e. The third-order valence-electron chi connectivity index (χ3n) is 6.81. The number of aromatic nitrogens is 3. The molecule has 7 heteroatoms. The number of amides is 1. The molecule has 2 aromatic rings. The number of nitrogens with zero attached hydrogens (tertiary/aromatic N) is 4. The molecule has 35 heavy (non-hydrogen) atoms. The van der Waals surface area contributed by atoms with E-state index in [4.69, 9.17) is 0 Å². The number of benzene rings is 1. The zero-order chi connectivity index (χ0) is 25.6. The van der Waals surface area contributed by atoms with Crippen molar-refractivity contribution in [1.82, 2.24) is 30.3 Å². The minimum Gasteiger partial charge on any atom is -0.352 e. The first kappa shape index (κ1) is 29.0. The van der Waals surface area contributed by atoms with Crippen molar-refractivity contribution in [3.8, 4) is 0 Å². The summed E-state index contributed by atoms with van der Waals surface area (Å²) in [5, 5.41) is 15.0. The Balaban J connectivity index is 0.000000764. The van der Waals surface area contributed by atoms with E-state index in [2.05, 4.69) is 77.0 Å². The number of carbonyl (C=O) groups excluding carboxylic acids is 1. The van der Waals surface area contributed by atoms with Gasteiger partial charge in [-0.3, -0.25) is 9.69 Å². The number of carbonyl (C=O) groups is 1. The molecule has 196 valence electrons. The van der Waals surface area contributed by atoms with Gasteiger partial charge in [0.1, 0.15) is 11.6 Å². The quantitative estimate of drug-likeness (QED) is 0.391. The second-order valence-corrected chi connectivity index (χ2v) is 10.1. The van der Waals surface area contributed by atoms with Gasteiger partial charge in [0.15, 0.2) is 0 Å². The maximum absolute atomic E-state index is 11.2. The SMILES string of the molecule is C1CCNC1.CCCC(C)N(CCC(NC=O)c1ccccc1)CC(C)n1c(C)nnc1C(C)C. The van der Waals surface area contributed by atoms with E-state index in [9.17, 15) is 4.79 Å². The van der Waals surface area contributed by atoms with Crippen LogP contribution in [0.25, 0.3) is 0 Å². The summed E-state index contributed by atoms with van der Waals surface area (Å²) in [7, 11) is 0. The van der Waals surface area contributed by atoms with E-state index in [1.807, 2.05) is 25.1 Å². The van der Waals surface area contributed by atoms with Gasteiger partial charge >= 0.3 is 0 Å². The highest BCUT2D eigenvalue weighted by Crippen LogP contribution is 2.23. The van der Waals surface area contributed by atoms with Gasteiger partial charge in [0, 0.05) is 31.1 Å². The zero-order valence-electron chi connectivity index (χ0n) is 22.8. The Bertz CT molecular complexity index is 826. The third-order valence-corrected chi connectivity index (χ3v) is 6.81. The molecule has 1 amide bonds. The van der Waals surface area contributed by atoms with Gasteiger partial charge in [-0.05, 0) is 65.1 Å². The number of nitrogens with one attached hydrogen (secondary N) is 2. The van der Waals surface area contributed by atoms with Crippen LogP contribution in [0.1, 0.15) is 102 Å². The summed E-state index contributed by atoms with van der Waals surface area (Å²) in [6.07, 6.45) is 6.78. The van der Waals surface area contributed by atoms with E-state index in [0.29, 0.717) is 12.0 Å². The lowest BCUT2D eigenvalue weighted by atomic mass is 10.0. The normalized spacial score (nSPS) is 16.0. The van der Waals surface area contributed by atoms with Crippen LogP contribution in [0.5, 0.6) is 0 Å². The number of hydrogen-bond acceptors (Lipinski definition) is 5. The topological polar surface area (TPSA) is 75.1 Å². The van der Waals surface area contributed by atoms with Gasteiger partial charge in [0.2, 0.25) is 6.41 Å². The van der Waals surface area contributed by atoms with Crippen molar-refractivity contribution in [2.24, 2.45) is 0 Å². The molecule has 1 aliphatic rings. The molecule has 2 heterocycles. The first-order valence-electron chi connectivity index (χ1n) is 13.5. The third kappa shape index (κ3) is 9.37. The highest BCUT2D eigenvalue weighted by Gasteiger charge is 2.23. The van der Waals surface area contributed by atoms with Crippen molar-refractivity contribution in [2.75, 3.05) is 26.2 Å². The zero-order valence-corrected chi connectivity index (χ0v) is 22.8. The second-order valence-electron chi connectivity index (χ2n) is 10.1. The van der Waals surface area contributed by atoms with E-state index in [0.717, 1.165) is 56.0 Å². The standard InChI is InChI=1S/C24H39N5O.C4H9N/c1-7-11-19(4)28(15-14-23(25-17-30)22-12-9-8-10-13-22)16-20(5)29-21(6)26-27-24(29)18(2)3;1-2-4-5-3-1/h8-10,12-13,17-20,23H,7,11,14-16H2,1-6H3,(H,25,30);5H,1-4H2. The number of rotatable bonds is 13. The summed E-state index contributed by atoms with van der Waals surface area (Å²) in [4.78, 5) is 13.8. The van der Waals surface area contributed by atoms with Crippen molar-refractivity contribution in [2.45, 2.75) is 97.7 Å². The maximum atomic E-state index is 11.2. The average molecular weight is 485 g/mol. The van der Waals surface area contributed by atoms with Gasteiger partial charge < -0.3 is 15.2 Å². The Labute approximate surface area is 213 Å². The molecule has 3 atom stereocenters. The van der Waals surface area contributed by atoms with Crippen LogP contribution in [0.3, 0.4) is 0 Å². The number of aryl methyl sites for hydroxylation is 1. The molecule has 1 aromatic carbocycles. The summed E-state index contributed by atoms with van der Waals surface area (Å²) < 4.78 is 2.29. The van der Waals surface area contributed by atoms with Gasteiger partial charge in [-0.25, -0.2) is 0 Å². The molecule has 1 fully saturated rings. The average Bonchev–Trinajstić information content (AvgIpc) is 3.55. The van der Waals surface area contributed by atoms with Crippen LogP contribution in [0.4, 0.5) is 0 Å². The monoisotopic (exact) mass is 484 g/mol. The predicted molar refractivity (Wildman–Crippen MR) is 145 cm³/mol. The molecule has 0 radical (unpaired) electrons. The fourth-order valence-corrected chi connectivity index (χ4v) is 4.87. The van der Waals surface area contributed by atoms with Crippen molar-refractivity contribution >= 4 is 6.41 Å². The molecule has 1 aliphatic heterocycles. The molecule has 7 nitrogen and oxygen atoms in total. The van der Waals surface area contributed by atoms with Crippen LogP contribution in [0.15, 0.2) is 30.3 Å². The number of hydrogen-bond donors (Lipinski definition) is 2. The summed E-state index contributed by atoms with van der Waals surface area (Å²) in [5.74, 6) is 2.36. The van der Waals surface area contributed by atoms with Gasteiger partial charge in [-0.1, -0.05) is 57.5 Å². The molecule has 1 saturated heterocycles. The van der Waals surface area contributed by atoms with Crippen LogP contribution in [0.2, 0.25) is 0 Å². The molecule has 3 rings (SSSR count). The molecule has 0 saturated carbocycles. The minimum absolute atomic E-state index is 0.0261. The fraction of sp³-hybridized carbons (Fsp3) is 0.679. The predicted octanol–water partition coefficient (Wildman–Crippen LogP) is 5.01. The fourth-order valence-electron chi connectivity index (χ4n) is 4.87. The highest BCUT2D eigenvalue weighted by atomic mass is 16.1. The van der Waals surface area contributed by atoms with E-state index in [1.165, 1.54) is 25.9 Å². The Hall–Kier alpha value is -2.25. The molecule has 3 unspecified atom stereocenters. The summed E-state index contributed by atoms with van der Waals surface area (Å²) in [6.45, 7) is 17.5. The maximum Gasteiger partial charge on any atom is 0.207 e. The highest BCUT2D eigenvalue weighted by molar-refractivity contribution is 5.47. The molecule has 0 spiro atoms. The lowest BCUT2D eigenvalue weighted by molar-refractivity contribution is -0.110. The Morgan fingerprint density at radius 2 is 1.77 bits per heavy atom. The molecule has 0 aliphatic carbocycles. The molecule has 2 N–H and O–H groups in total. The first-order chi connectivity index (χ1) is 16.9. The van der Waals surface area contributed by atoms with Crippen LogP contribution in [-0.4, -0.2) is 58.3 Å². The smallest absolute Gasteiger partial charge is 0.207 e. The van der Waals surface area contributed by atoms with Gasteiger partial charge in [0.25, 0.3) is 0 Å². The molecule has 1 aromatic heterocycles. The first-order valence-corrected chi connectivity index (χ1v) is 13.5. The van der Waals surface area contributed by atoms with Crippen LogP contribution >= 0.6 is 0 Å². The lowest BCUT2D eigenvalue weighted by Gasteiger charge is -2.33. The Kier molecular flexibility index (Phi) is 13.0. The van der Waals surface area contributed by atoms with Crippen molar-refractivity contribution in [3.05, 3.63) is 47.5 Å². The summed E-state index contributed by atoms with van der Waals surface area (Å²) in [6, 6.07) is 11.0. The van der Waals surface area contributed by atoms with E-state index < -0.39 is 0 Å². The van der Waals surface area contributed by atoms with E-state index >= 15 is 0 Å². The summed E-state index contributed by atoms with van der Waals surface area (Å²) in [5.41, 5.74) is 1.15.